The van der Waals surface area contributed by atoms with E-state index in [-0.39, 0.29) is 89.3 Å². The third kappa shape index (κ3) is 28.9. The lowest BCUT2D eigenvalue weighted by molar-refractivity contribution is -0.133. The predicted molar refractivity (Wildman–Crippen MR) is 486 cm³/mol. The number of nitrogens with one attached hydrogen (secondary N) is 7. The molecule has 3 heterocycles. The number of carbonyl (C=O) groups excluding carboxylic acids is 7. The van der Waals surface area contributed by atoms with Gasteiger partial charge in [0.2, 0.25) is 29.5 Å². The topological polar surface area (TPSA) is 265 Å². The Morgan fingerprint density at radius 3 is 1.17 bits per heavy atom. The van der Waals surface area contributed by atoms with Crippen molar-refractivity contribution in [3.63, 3.8) is 0 Å². The minimum atomic E-state index is -0.480. The standard InChI is InChI=1S/C39H47ClN4O3.C30H34Cl2N4O2.C30H36N4O2/c40-33-19-16-29(17-20-33)18-21-37(45)42-27-34-23-25-44(28-35(31-12-6-2-7-13-31)32-14-8-3-9-15-32)39(47)36(43-34)22-24-41-38(46)26-30-10-4-1-5-11-30;31-26-12-11-23(19-27(26)32)29(37)34-17-14-24-15-18-36(30(38)28(35-24)13-16-33)20-25(21-7-3-1-4-8-21)22-9-5-2-6-10-22;31-19-16-28-30(36)34(22-27(23-10-4-1-5-11-23)24-12-6-2-7-13-24)21-18-26(33-28)17-20-32-29(35)25-14-8-3-9-15-25/h2-3,6-9,12-21,30,34-36,43H,1,4-5,10-11,22-28H2,(H,41,46)(H,42,45);1-12,19,24-25,28,35H,13-18,20,33H2,(H,34,37);1-15,26-28,33H,16-22,31H2,(H,32,35)/b21-18+;;/t34-,36-;24-,28+;26-,28+/m011/s1. The summed E-state index contributed by atoms with van der Waals surface area (Å²) in [6, 6.07) is 82.3. The number of nitrogens with two attached hydrogens (primary N) is 2. The zero-order valence-corrected chi connectivity index (χ0v) is 71.3. The van der Waals surface area contributed by atoms with Gasteiger partial charge < -0.3 is 63.4 Å². The van der Waals surface area contributed by atoms with Gasteiger partial charge in [-0.25, -0.2) is 0 Å². The number of benzene rings is 9. The summed E-state index contributed by atoms with van der Waals surface area (Å²) in [5.74, 6) is 0.448. The fraction of sp³-hybridized carbons (Fsp3) is 0.364. The van der Waals surface area contributed by atoms with Crippen molar-refractivity contribution in [2.24, 2.45) is 17.4 Å². The molecule has 0 spiro atoms. The number of hydrogen-bond acceptors (Lipinski definition) is 12. The number of hydrogen-bond donors (Lipinski definition) is 9. The lowest BCUT2D eigenvalue weighted by atomic mass is 9.87. The summed E-state index contributed by atoms with van der Waals surface area (Å²) in [5, 5.41) is 24.1. The molecule has 0 bridgehead atoms. The van der Waals surface area contributed by atoms with E-state index < -0.39 is 6.04 Å². The quantitative estimate of drug-likeness (QED) is 0.0174. The van der Waals surface area contributed by atoms with E-state index in [4.69, 9.17) is 46.3 Å². The Morgan fingerprint density at radius 2 is 0.769 bits per heavy atom. The van der Waals surface area contributed by atoms with Gasteiger partial charge in [-0.2, -0.15) is 0 Å². The van der Waals surface area contributed by atoms with Gasteiger partial charge in [-0.05, 0) is 171 Å². The minimum absolute atomic E-state index is 0.0199. The van der Waals surface area contributed by atoms with E-state index in [1.165, 1.54) is 47.6 Å². The third-order valence-corrected chi connectivity index (χ3v) is 24.3. The molecule has 3 aliphatic heterocycles. The van der Waals surface area contributed by atoms with Gasteiger partial charge in [0.05, 0.1) is 28.2 Å². The molecule has 4 aliphatic rings. The molecule has 0 aromatic heterocycles. The number of carbonyl (C=O) groups is 7. The van der Waals surface area contributed by atoms with Gasteiger partial charge in [-0.1, -0.05) is 266 Å². The molecular weight excluding hydrogens is 1580 g/mol. The highest BCUT2D eigenvalue weighted by Gasteiger charge is 2.37. The van der Waals surface area contributed by atoms with Gasteiger partial charge in [0.15, 0.2) is 0 Å². The predicted octanol–water partition coefficient (Wildman–Crippen LogP) is 14.7. The molecule has 9 aromatic carbocycles. The smallest absolute Gasteiger partial charge is 0.251 e. The molecule has 121 heavy (non-hydrogen) atoms. The van der Waals surface area contributed by atoms with Crippen LogP contribution in [-0.4, -0.2) is 171 Å². The van der Waals surface area contributed by atoms with Crippen LogP contribution in [0.15, 0.2) is 261 Å². The van der Waals surface area contributed by atoms with E-state index in [0.29, 0.717) is 149 Å². The van der Waals surface area contributed by atoms with Gasteiger partial charge in [-0.3, -0.25) is 33.6 Å². The summed E-state index contributed by atoms with van der Waals surface area (Å²) < 4.78 is 0. The fourth-order valence-electron chi connectivity index (χ4n) is 16.6. The molecule has 7 amide bonds. The van der Waals surface area contributed by atoms with Gasteiger partial charge in [0.1, 0.15) is 0 Å². The molecule has 3 saturated heterocycles. The van der Waals surface area contributed by atoms with Crippen LogP contribution in [0.25, 0.3) is 6.08 Å². The van der Waals surface area contributed by atoms with Crippen LogP contribution in [0.3, 0.4) is 0 Å². The van der Waals surface area contributed by atoms with Crippen LogP contribution in [0, 0.1) is 5.92 Å². The first-order valence-electron chi connectivity index (χ1n) is 42.9. The van der Waals surface area contributed by atoms with Crippen LogP contribution in [-0.2, 0) is 24.0 Å². The number of amides is 7. The summed E-state index contributed by atoms with van der Waals surface area (Å²) in [7, 11) is 0. The van der Waals surface area contributed by atoms with E-state index >= 15 is 0 Å². The zero-order valence-electron chi connectivity index (χ0n) is 69.0. The Labute approximate surface area is 728 Å². The second-order valence-corrected chi connectivity index (χ2v) is 33.1. The maximum absolute atomic E-state index is 14.1. The SMILES string of the molecule is NCC[C@@H]1N[C@H](CCNC(=O)c2ccc(Cl)c(Cl)c2)CCN(CC(c2ccccc2)c2ccccc2)C1=O.NCC[C@@H]1N[C@H](CCNC(=O)c2ccccc2)CCN(CC(c2ccccc2)c2ccccc2)C1=O.O=C(/C=C/c1ccc(Cl)cc1)NC[C@@H]1CCN(CC(c2ccccc2)c2ccccc2)C(=O)[C@H](CCNC(=O)CC2CCCCC2)N1. The highest BCUT2D eigenvalue weighted by atomic mass is 35.5. The Balaban J connectivity index is 0.000000179. The molecule has 19 nitrogen and oxygen atoms in total. The third-order valence-electron chi connectivity index (χ3n) is 23.3. The first-order chi connectivity index (χ1) is 59.0. The molecule has 4 fully saturated rings. The summed E-state index contributed by atoms with van der Waals surface area (Å²) in [6.45, 7) is 6.30. The van der Waals surface area contributed by atoms with E-state index in [1.54, 1.807) is 36.4 Å². The van der Waals surface area contributed by atoms with Crippen LogP contribution >= 0.6 is 34.8 Å². The molecule has 0 unspecified atom stereocenters. The van der Waals surface area contributed by atoms with Crippen molar-refractivity contribution in [2.75, 3.05) is 78.5 Å². The Morgan fingerprint density at radius 1 is 0.397 bits per heavy atom. The van der Waals surface area contributed by atoms with Gasteiger partial charge in [-0.15, -0.1) is 0 Å². The van der Waals surface area contributed by atoms with E-state index in [2.05, 4.69) is 110 Å². The number of rotatable bonds is 33. The minimum Gasteiger partial charge on any atom is -0.356 e. The first kappa shape index (κ1) is 91.4. The van der Waals surface area contributed by atoms with Gasteiger partial charge in [0.25, 0.3) is 11.8 Å². The first-order valence-corrected chi connectivity index (χ1v) is 44.1. The molecular formula is C99H117Cl3N12O7. The lowest BCUT2D eigenvalue weighted by Crippen LogP contribution is -2.50. The maximum atomic E-state index is 14.1. The summed E-state index contributed by atoms with van der Waals surface area (Å²) in [5.41, 5.74) is 20.8. The monoisotopic (exact) mass is 1690 g/mol. The highest BCUT2D eigenvalue weighted by molar-refractivity contribution is 6.42. The molecule has 1 saturated carbocycles. The van der Waals surface area contributed by atoms with Crippen molar-refractivity contribution in [1.29, 1.82) is 0 Å². The largest absolute Gasteiger partial charge is 0.356 e. The van der Waals surface area contributed by atoms with Crippen LogP contribution in [0.1, 0.15) is 167 Å². The summed E-state index contributed by atoms with van der Waals surface area (Å²) in [6.07, 6.45) is 15.1. The molecule has 11 N–H and O–H groups in total. The Bertz CT molecular complexity index is 4580. The molecule has 1 aliphatic carbocycles. The van der Waals surface area contributed by atoms with Crippen LogP contribution < -0.4 is 48.7 Å². The second-order valence-electron chi connectivity index (χ2n) is 31.8. The van der Waals surface area contributed by atoms with Crippen molar-refractivity contribution >= 4 is 82.2 Å². The van der Waals surface area contributed by atoms with Crippen molar-refractivity contribution < 1.29 is 33.6 Å². The molecule has 636 valence electrons. The summed E-state index contributed by atoms with van der Waals surface area (Å²) >= 11 is 18.0. The number of nitrogens with zero attached hydrogens (tertiary/aromatic N) is 3. The van der Waals surface area contributed by atoms with Crippen LogP contribution in [0.5, 0.6) is 0 Å². The fourth-order valence-corrected chi connectivity index (χ4v) is 17.0. The lowest BCUT2D eigenvalue weighted by Gasteiger charge is -2.29. The highest BCUT2D eigenvalue weighted by Crippen LogP contribution is 2.33. The van der Waals surface area contributed by atoms with Crippen molar-refractivity contribution in [2.45, 2.75) is 144 Å². The van der Waals surface area contributed by atoms with E-state index in [1.807, 2.05) is 166 Å². The molecule has 13 rings (SSSR count). The zero-order chi connectivity index (χ0) is 84.9. The average Bonchev–Trinajstić information content (AvgIpc) is 1.75. The molecule has 22 heteroatoms. The Hall–Kier alpha value is -10.3. The van der Waals surface area contributed by atoms with Gasteiger partial charge >= 0.3 is 0 Å². The normalized spacial score (nSPS) is 18.4. The molecule has 9 aromatic rings. The number of halogens is 3. The second kappa shape index (κ2) is 49.0. The molecule has 0 radical (unpaired) electrons. The van der Waals surface area contributed by atoms with Crippen molar-refractivity contribution in [1.82, 2.24) is 51.9 Å². The average molecular weight is 1690 g/mol. The van der Waals surface area contributed by atoms with E-state index in [9.17, 15) is 33.6 Å². The van der Waals surface area contributed by atoms with Crippen LogP contribution in [0.2, 0.25) is 15.1 Å². The van der Waals surface area contributed by atoms with E-state index in [0.717, 1.165) is 48.8 Å². The van der Waals surface area contributed by atoms with Gasteiger partial charge in [0, 0.05) is 130 Å². The van der Waals surface area contributed by atoms with Crippen molar-refractivity contribution in [3.05, 3.63) is 326 Å². The Kier molecular flexibility index (Phi) is 37.0. The molecule has 6 atom stereocenters. The van der Waals surface area contributed by atoms with Crippen LogP contribution in [0.4, 0.5) is 0 Å². The summed E-state index contributed by atoms with van der Waals surface area (Å²) in [4.78, 5) is 97.7. The maximum Gasteiger partial charge on any atom is 0.251 e. The van der Waals surface area contributed by atoms with Crippen molar-refractivity contribution in [3.8, 4) is 0 Å².